The summed E-state index contributed by atoms with van der Waals surface area (Å²) in [4.78, 5) is 2.84. The van der Waals surface area contributed by atoms with E-state index in [0.29, 0.717) is 17.7 Å². The second-order valence-electron chi connectivity index (χ2n) is 7.70. The standard InChI is InChI=1S/C18H34N2O/c1-3-15(2)17-13-20(12-16-8-4-7-11-21-16)18(14-19-17)9-5-6-10-18/h15-17,19H,3-14H2,1-2H3. The van der Waals surface area contributed by atoms with Crippen molar-refractivity contribution in [1.82, 2.24) is 10.2 Å². The van der Waals surface area contributed by atoms with Gasteiger partial charge >= 0.3 is 0 Å². The number of hydrogen-bond acceptors (Lipinski definition) is 3. The van der Waals surface area contributed by atoms with E-state index in [2.05, 4.69) is 24.1 Å². The Kier molecular flexibility index (Phi) is 5.23. The Hall–Kier alpha value is -0.120. The van der Waals surface area contributed by atoms with Gasteiger partial charge in [-0.15, -0.1) is 0 Å². The molecule has 0 aromatic rings. The Bertz CT molecular complexity index is 319. The zero-order valence-electron chi connectivity index (χ0n) is 14.1. The zero-order chi connectivity index (χ0) is 14.7. The van der Waals surface area contributed by atoms with Crippen LogP contribution >= 0.6 is 0 Å². The highest BCUT2D eigenvalue weighted by Gasteiger charge is 2.44. The molecule has 3 fully saturated rings. The number of hydrogen-bond donors (Lipinski definition) is 1. The van der Waals surface area contributed by atoms with Gasteiger partial charge in [0.1, 0.15) is 0 Å². The lowest BCUT2D eigenvalue weighted by atomic mass is 9.86. The minimum Gasteiger partial charge on any atom is -0.377 e. The molecule has 1 spiro atoms. The first-order chi connectivity index (χ1) is 10.2. The normalized spacial score (nSPS) is 35.1. The molecule has 0 aromatic heterocycles. The van der Waals surface area contributed by atoms with Crippen molar-refractivity contribution in [2.45, 2.75) is 82.9 Å². The molecule has 122 valence electrons. The summed E-state index contributed by atoms with van der Waals surface area (Å²) in [5.41, 5.74) is 0.449. The molecular weight excluding hydrogens is 260 g/mol. The van der Waals surface area contributed by atoms with Gasteiger partial charge in [-0.1, -0.05) is 33.1 Å². The van der Waals surface area contributed by atoms with Gasteiger partial charge in [0.2, 0.25) is 0 Å². The molecule has 21 heavy (non-hydrogen) atoms. The maximum absolute atomic E-state index is 6.04. The molecular formula is C18H34N2O. The molecule has 1 saturated carbocycles. The first kappa shape index (κ1) is 15.8. The molecule has 3 aliphatic rings. The van der Waals surface area contributed by atoms with Gasteiger partial charge < -0.3 is 10.1 Å². The molecule has 3 rings (SSSR count). The number of rotatable bonds is 4. The molecule has 3 nitrogen and oxygen atoms in total. The first-order valence-corrected chi connectivity index (χ1v) is 9.33. The van der Waals surface area contributed by atoms with Crippen LogP contribution in [-0.2, 0) is 4.74 Å². The van der Waals surface area contributed by atoms with Crippen molar-refractivity contribution in [3.63, 3.8) is 0 Å². The summed E-state index contributed by atoms with van der Waals surface area (Å²) >= 11 is 0. The van der Waals surface area contributed by atoms with Crippen LogP contribution in [-0.4, -0.2) is 48.8 Å². The quantitative estimate of drug-likeness (QED) is 0.862. The predicted octanol–water partition coefficient (Wildman–Crippen LogP) is 3.19. The number of piperazine rings is 1. The smallest absolute Gasteiger partial charge is 0.0702 e. The molecule has 0 radical (unpaired) electrons. The van der Waals surface area contributed by atoms with Gasteiger partial charge in [-0.25, -0.2) is 0 Å². The van der Waals surface area contributed by atoms with Crippen LogP contribution in [0.2, 0.25) is 0 Å². The van der Waals surface area contributed by atoms with Gasteiger partial charge in [0.15, 0.2) is 0 Å². The molecule has 0 amide bonds. The molecule has 3 unspecified atom stereocenters. The summed E-state index contributed by atoms with van der Waals surface area (Å²) in [6, 6.07) is 0.671. The fourth-order valence-corrected chi connectivity index (χ4v) is 4.59. The number of nitrogens with one attached hydrogen (secondary N) is 1. The average molecular weight is 294 g/mol. The van der Waals surface area contributed by atoms with E-state index in [1.54, 1.807) is 0 Å². The molecule has 0 aromatic carbocycles. The Balaban J connectivity index is 1.67. The molecule has 1 aliphatic carbocycles. The first-order valence-electron chi connectivity index (χ1n) is 9.33. The van der Waals surface area contributed by atoms with Crippen LogP contribution < -0.4 is 5.32 Å². The molecule has 1 N–H and O–H groups in total. The Morgan fingerprint density at radius 3 is 2.71 bits per heavy atom. The van der Waals surface area contributed by atoms with E-state index in [9.17, 15) is 0 Å². The van der Waals surface area contributed by atoms with Crippen molar-refractivity contribution < 1.29 is 4.74 Å². The lowest BCUT2D eigenvalue weighted by molar-refractivity contribution is -0.0484. The van der Waals surface area contributed by atoms with E-state index >= 15 is 0 Å². The van der Waals surface area contributed by atoms with Crippen molar-refractivity contribution in [3.8, 4) is 0 Å². The van der Waals surface area contributed by atoms with E-state index < -0.39 is 0 Å². The zero-order valence-corrected chi connectivity index (χ0v) is 14.1. The van der Waals surface area contributed by atoms with Crippen molar-refractivity contribution >= 4 is 0 Å². The Morgan fingerprint density at radius 1 is 1.24 bits per heavy atom. The summed E-state index contributed by atoms with van der Waals surface area (Å²) < 4.78 is 6.04. The molecule has 2 aliphatic heterocycles. The average Bonchev–Trinajstić information content (AvgIpc) is 2.99. The lowest BCUT2D eigenvalue weighted by Crippen LogP contribution is -2.66. The number of nitrogens with zero attached hydrogens (tertiary/aromatic N) is 1. The summed E-state index contributed by atoms with van der Waals surface area (Å²) in [5.74, 6) is 0.776. The lowest BCUT2D eigenvalue weighted by Gasteiger charge is -2.50. The Morgan fingerprint density at radius 2 is 2.05 bits per heavy atom. The highest BCUT2D eigenvalue weighted by atomic mass is 16.5. The van der Waals surface area contributed by atoms with Crippen molar-refractivity contribution in [1.29, 1.82) is 0 Å². The van der Waals surface area contributed by atoms with Gasteiger partial charge in [0.05, 0.1) is 6.10 Å². The van der Waals surface area contributed by atoms with E-state index in [1.807, 2.05) is 0 Å². The van der Waals surface area contributed by atoms with E-state index in [0.717, 1.165) is 12.5 Å². The Labute approximate surface area is 130 Å². The minimum absolute atomic E-state index is 0.449. The van der Waals surface area contributed by atoms with Crippen LogP contribution in [0, 0.1) is 5.92 Å². The van der Waals surface area contributed by atoms with Gasteiger partial charge in [-0.2, -0.15) is 0 Å². The molecule has 3 heteroatoms. The van der Waals surface area contributed by atoms with Crippen LogP contribution in [0.5, 0.6) is 0 Å². The topological polar surface area (TPSA) is 24.5 Å². The predicted molar refractivity (Wildman–Crippen MR) is 87.6 cm³/mol. The third-order valence-electron chi connectivity index (χ3n) is 6.34. The van der Waals surface area contributed by atoms with Crippen LogP contribution in [0.1, 0.15) is 65.2 Å². The van der Waals surface area contributed by atoms with E-state index in [4.69, 9.17) is 4.74 Å². The van der Waals surface area contributed by atoms with Crippen LogP contribution in [0.3, 0.4) is 0 Å². The van der Waals surface area contributed by atoms with Crippen molar-refractivity contribution in [2.24, 2.45) is 5.92 Å². The van der Waals surface area contributed by atoms with Gasteiger partial charge in [-0.05, 0) is 38.0 Å². The van der Waals surface area contributed by atoms with Crippen LogP contribution in [0.15, 0.2) is 0 Å². The third kappa shape index (κ3) is 3.46. The summed E-state index contributed by atoms with van der Waals surface area (Å²) in [6.45, 7) is 9.32. The fraction of sp³-hybridized carbons (Fsp3) is 1.00. The highest BCUT2D eigenvalue weighted by Crippen LogP contribution is 2.38. The van der Waals surface area contributed by atoms with Gasteiger partial charge in [-0.3, -0.25) is 4.90 Å². The second kappa shape index (κ2) is 6.97. The van der Waals surface area contributed by atoms with Gasteiger partial charge in [0.25, 0.3) is 0 Å². The second-order valence-corrected chi connectivity index (χ2v) is 7.70. The third-order valence-corrected chi connectivity index (χ3v) is 6.34. The summed E-state index contributed by atoms with van der Waals surface area (Å²) in [7, 11) is 0. The number of ether oxygens (including phenoxy) is 1. The highest BCUT2D eigenvalue weighted by molar-refractivity contribution is 5.03. The molecule has 2 saturated heterocycles. The van der Waals surface area contributed by atoms with Crippen LogP contribution in [0.4, 0.5) is 0 Å². The fourth-order valence-electron chi connectivity index (χ4n) is 4.59. The van der Waals surface area contributed by atoms with Crippen molar-refractivity contribution in [2.75, 3.05) is 26.2 Å². The molecule has 2 heterocycles. The van der Waals surface area contributed by atoms with Crippen molar-refractivity contribution in [3.05, 3.63) is 0 Å². The summed E-state index contributed by atoms with van der Waals surface area (Å²) in [5, 5.41) is 3.89. The maximum Gasteiger partial charge on any atom is 0.0702 e. The van der Waals surface area contributed by atoms with Gasteiger partial charge in [0, 0.05) is 37.8 Å². The van der Waals surface area contributed by atoms with E-state index in [-0.39, 0.29) is 0 Å². The SMILES string of the molecule is CCC(C)C1CN(CC2CCCCO2)C2(CCCC2)CN1. The summed E-state index contributed by atoms with van der Waals surface area (Å²) in [6.07, 6.45) is 11.3. The monoisotopic (exact) mass is 294 g/mol. The van der Waals surface area contributed by atoms with Crippen LogP contribution in [0.25, 0.3) is 0 Å². The molecule has 0 bridgehead atoms. The maximum atomic E-state index is 6.04. The van der Waals surface area contributed by atoms with E-state index in [1.165, 1.54) is 71.0 Å². The largest absolute Gasteiger partial charge is 0.377 e. The molecule has 3 atom stereocenters. The minimum atomic E-state index is 0.449.